The molecule has 0 rings (SSSR count). The maximum Gasteiger partial charge on any atom is 0.260 e. The van der Waals surface area contributed by atoms with Gasteiger partial charge in [0.1, 0.15) is 0 Å². The first kappa shape index (κ1) is 15.2. The van der Waals surface area contributed by atoms with Gasteiger partial charge in [-0.15, -0.1) is 0 Å². The molecule has 0 aliphatic carbocycles. The van der Waals surface area contributed by atoms with Crippen molar-refractivity contribution in [1.29, 1.82) is 0 Å². The number of amides is 1. The summed E-state index contributed by atoms with van der Waals surface area (Å²) in [6.07, 6.45) is 8.88. The van der Waals surface area contributed by atoms with Gasteiger partial charge in [-0.25, -0.2) is 5.43 Å². The second kappa shape index (κ2) is 10.7. The van der Waals surface area contributed by atoms with Crippen molar-refractivity contribution >= 4 is 5.91 Å². The molecule has 0 saturated carbocycles. The van der Waals surface area contributed by atoms with E-state index in [1.54, 1.807) is 0 Å². The molecule has 0 aromatic rings. The highest BCUT2D eigenvalue weighted by atomic mass is 16.2. The molecule has 16 heavy (non-hydrogen) atoms. The summed E-state index contributed by atoms with van der Waals surface area (Å²) in [7, 11) is 0. The van der Waals surface area contributed by atoms with Crippen LogP contribution in [-0.2, 0) is 4.79 Å². The van der Waals surface area contributed by atoms with Gasteiger partial charge in [-0.3, -0.25) is 10.2 Å². The SMILES string of the molecule is CCCC=C(C)C(=O)NNCCCCCC. The molecule has 2 N–H and O–H groups in total. The summed E-state index contributed by atoms with van der Waals surface area (Å²) in [5.74, 6) is -0.0102. The predicted octanol–water partition coefficient (Wildman–Crippen LogP) is 2.93. The van der Waals surface area contributed by atoms with E-state index in [9.17, 15) is 4.79 Å². The van der Waals surface area contributed by atoms with Crippen LogP contribution in [-0.4, -0.2) is 12.5 Å². The number of hydrazine groups is 1. The third kappa shape index (κ3) is 8.48. The van der Waals surface area contributed by atoms with Gasteiger partial charge in [-0.2, -0.15) is 0 Å². The van der Waals surface area contributed by atoms with Crippen LogP contribution in [0, 0.1) is 0 Å². The molecule has 3 nitrogen and oxygen atoms in total. The number of unbranched alkanes of at least 4 members (excludes halogenated alkanes) is 4. The average molecular weight is 226 g/mol. The largest absolute Gasteiger partial charge is 0.288 e. The second-order valence-corrected chi connectivity index (χ2v) is 4.12. The molecule has 0 aliphatic heterocycles. The third-order valence-electron chi connectivity index (χ3n) is 2.45. The minimum absolute atomic E-state index is 0.0102. The van der Waals surface area contributed by atoms with Gasteiger partial charge in [0.05, 0.1) is 0 Å². The zero-order valence-electron chi connectivity index (χ0n) is 10.9. The van der Waals surface area contributed by atoms with E-state index < -0.39 is 0 Å². The molecule has 0 saturated heterocycles. The van der Waals surface area contributed by atoms with Gasteiger partial charge in [0.2, 0.25) is 0 Å². The van der Waals surface area contributed by atoms with Crippen molar-refractivity contribution in [3.63, 3.8) is 0 Å². The maximum absolute atomic E-state index is 11.5. The fourth-order valence-corrected chi connectivity index (χ4v) is 1.34. The number of allylic oxidation sites excluding steroid dienone is 1. The minimum atomic E-state index is -0.0102. The van der Waals surface area contributed by atoms with Crippen LogP contribution in [0.25, 0.3) is 0 Å². The summed E-state index contributed by atoms with van der Waals surface area (Å²) in [5, 5.41) is 0. The molecule has 0 atom stereocenters. The lowest BCUT2D eigenvalue weighted by atomic mass is 10.2. The number of rotatable bonds is 9. The van der Waals surface area contributed by atoms with E-state index in [1.807, 2.05) is 13.0 Å². The van der Waals surface area contributed by atoms with Gasteiger partial charge in [-0.05, 0) is 19.8 Å². The molecule has 0 radical (unpaired) electrons. The Kier molecular flexibility index (Phi) is 10.1. The first-order valence-corrected chi connectivity index (χ1v) is 6.42. The number of hydrogen-bond acceptors (Lipinski definition) is 2. The Morgan fingerprint density at radius 3 is 2.50 bits per heavy atom. The number of hydrogen-bond donors (Lipinski definition) is 2. The molecule has 0 fully saturated rings. The molecule has 0 unspecified atom stereocenters. The van der Waals surface area contributed by atoms with E-state index in [0.29, 0.717) is 0 Å². The van der Waals surface area contributed by atoms with Crippen molar-refractivity contribution in [3.8, 4) is 0 Å². The summed E-state index contributed by atoms with van der Waals surface area (Å²) in [6, 6.07) is 0. The predicted molar refractivity (Wildman–Crippen MR) is 69.0 cm³/mol. The van der Waals surface area contributed by atoms with Gasteiger partial charge in [0, 0.05) is 12.1 Å². The summed E-state index contributed by atoms with van der Waals surface area (Å²) in [5.41, 5.74) is 6.47. The fraction of sp³-hybridized carbons (Fsp3) is 0.769. The Balaban J connectivity index is 3.50. The summed E-state index contributed by atoms with van der Waals surface area (Å²) in [4.78, 5) is 11.5. The van der Waals surface area contributed by atoms with E-state index in [0.717, 1.165) is 31.4 Å². The van der Waals surface area contributed by atoms with Gasteiger partial charge in [0.15, 0.2) is 0 Å². The van der Waals surface area contributed by atoms with Crippen molar-refractivity contribution < 1.29 is 4.79 Å². The molecule has 0 aliphatic rings. The van der Waals surface area contributed by atoms with E-state index in [1.165, 1.54) is 19.3 Å². The van der Waals surface area contributed by atoms with Gasteiger partial charge < -0.3 is 0 Å². The molecule has 0 aromatic carbocycles. The van der Waals surface area contributed by atoms with Gasteiger partial charge in [0.25, 0.3) is 5.91 Å². The zero-order chi connectivity index (χ0) is 12.2. The molecule has 1 amide bonds. The number of nitrogens with one attached hydrogen (secondary N) is 2. The van der Waals surface area contributed by atoms with Crippen LogP contribution < -0.4 is 10.9 Å². The van der Waals surface area contributed by atoms with Crippen LogP contribution >= 0.6 is 0 Å². The molecule has 3 heteroatoms. The summed E-state index contributed by atoms with van der Waals surface area (Å²) < 4.78 is 0. The monoisotopic (exact) mass is 226 g/mol. The molecule has 0 aromatic heterocycles. The average Bonchev–Trinajstić information content (AvgIpc) is 2.30. The van der Waals surface area contributed by atoms with E-state index in [-0.39, 0.29) is 5.91 Å². The van der Waals surface area contributed by atoms with Crippen molar-refractivity contribution in [1.82, 2.24) is 10.9 Å². The van der Waals surface area contributed by atoms with Crippen molar-refractivity contribution in [2.45, 2.75) is 59.3 Å². The highest BCUT2D eigenvalue weighted by molar-refractivity contribution is 5.92. The molecule has 0 spiro atoms. The molecular formula is C13H26N2O. The fourth-order valence-electron chi connectivity index (χ4n) is 1.34. The van der Waals surface area contributed by atoms with Crippen LogP contribution in [0.2, 0.25) is 0 Å². The molecule has 94 valence electrons. The Bertz CT molecular complexity index is 212. The van der Waals surface area contributed by atoms with Crippen molar-refractivity contribution in [3.05, 3.63) is 11.6 Å². The topological polar surface area (TPSA) is 41.1 Å². The van der Waals surface area contributed by atoms with E-state index in [2.05, 4.69) is 24.7 Å². The standard InChI is InChI=1S/C13H26N2O/c1-4-6-8-9-11-14-15-13(16)12(3)10-7-5-2/h10,14H,4-9,11H2,1-3H3,(H,15,16). The summed E-state index contributed by atoms with van der Waals surface area (Å²) >= 11 is 0. The molecular weight excluding hydrogens is 200 g/mol. The number of carbonyl (C=O) groups is 1. The first-order valence-electron chi connectivity index (χ1n) is 6.42. The van der Waals surface area contributed by atoms with Crippen molar-refractivity contribution in [2.75, 3.05) is 6.54 Å². The van der Waals surface area contributed by atoms with Gasteiger partial charge >= 0.3 is 0 Å². The maximum atomic E-state index is 11.5. The van der Waals surface area contributed by atoms with Crippen LogP contribution in [0.1, 0.15) is 59.3 Å². The first-order chi connectivity index (χ1) is 7.72. The Morgan fingerprint density at radius 2 is 1.88 bits per heavy atom. The lowest BCUT2D eigenvalue weighted by Crippen LogP contribution is -2.38. The van der Waals surface area contributed by atoms with E-state index >= 15 is 0 Å². The van der Waals surface area contributed by atoms with E-state index in [4.69, 9.17) is 0 Å². The van der Waals surface area contributed by atoms with Crippen LogP contribution in [0.15, 0.2) is 11.6 Å². The van der Waals surface area contributed by atoms with Crippen molar-refractivity contribution in [2.24, 2.45) is 0 Å². The van der Waals surface area contributed by atoms with Crippen LogP contribution in [0.4, 0.5) is 0 Å². The smallest absolute Gasteiger partial charge is 0.260 e. The Labute approximate surface area is 99.7 Å². The third-order valence-corrected chi connectivity index (χ3v) is 2.45. The Hall–Kier alpha value is -0.830. The highest BCUT2D eigenvalue weighted by Crippen LogP contribution is 1.98. The normalized spacial score (nSPS) is 11.6. The zero-order valence-corrected chi connectivity index (χ0v) is 10.9. The van der Waals surface area contributed by atoms with Crippen LogP contribution in [0.5, 0.6) is 0 Å². The van der Waals surface area contributed by atoms with Crippen LogP contribution in [0.3, 0.4) is 0 Å². The minimum Gasteiger partial charge on any atom is -0.288 e. The molecule has 0 bridgehead atoms. The lowest BCUT2D eigenvalue weighted by molar-refractivity contribution is -0.118. The number of carbonyl (C=O) groups excluding carboxylic acids is 1. The Morgan fingerprint density at radius 1 is 1.12 bits per heavy atom. The second-order valence-electron chi connectivity index (χ2n) is 4.12. The molecule has 0 heterocycles. The quantitative estimate of drug-likeness (QED) is 0.360. The highest BCUT2D eigenvalue weighted by Gasteiger charge is 2.01. The van der Waals surface area contributed by atoms with Gasteiger partial charge in [-0.1, -0.05) is 45.6 Å². The lowest BCUT2D eigenvalue weighted by Gasteiger charge is -2.07. The summed E-state index contributed by atoms with van der Waals surface area (Å²) in [6.45, 7) is 7.00.